The third-order valence-corrected chi connectivity index (χ3v) is 8.13. The van der Waals surface area contributed by atoms with E-state index in [-0.39, 0.29) is 16.8 Å². The number of methoxy groups -OCH3 is 1. The van der Waals surface area contributed by atoms with E-state index in [1.54, 1.807) is 18.7 Å². The van der Waals surface area contributed by atoms with Gasteiger partial charge in [-0.05, 0) is 49.4 Å². The molecule has 1 saturated carbocycles. The normalized spacial score (nSPS) is 15.2. The fourth-order valence-corrected chi connectivity index (χ4v) is 5.44. The van der Waals surface area contributed by atoms with Crippen LogP contribution in [0.4, 0.5) is 0 Å². The molecule has 7 nitrogen and oxygen atoms in total. The molecule has 2 aromatic rings. The quantitative estimate of drug-likeness (QED) is 0.559. The van der Waals surface area contributed by atoms with Crippen molar-refractivity contribution in [1.29, 1.82) is 0 Å². The van der Waals surface area contributed by atoms with E-state index in [0.717, 1.165) is 24.2 Å². The van der Waals surface area contributed by atoms with Crippen LogP contribution in [0.1, 0.15) is 49.7 Å². The number of amides is 1. The summed E-state index contributed by atoms with van der Waals surface area (Å²) < 4.78 is 34.1. The van der Waals surface area contributed by atoms with Crippen LogP contribution in [-0.4, -0.2) is 54.3 Å². The summed E-state index contributed by atoms with van der Waals surface area (Å²) in [5.41, 5.74) is 1.39. The summed E-state index contributed by atoms with van der Waals surface area (Å²) in [6.45, 7) is 6.94. The summed E-state index contributed by atoms with van der Waals surface area (Å²) >= 11 is 0. The average molecular weight is 448 g/mol. The van der Waals surface area contributed by atoms with E-state index in [1.807, 2.05) is 43.0 Å². The molecule has 1 fully saturated rings. The molecule has 1 atom stereocenters. The van der Waals surface area contributed by atoms with Crippen LogP contribution in [0.3, 0.4) is 0 Å². The second kappa shape index (κ2) is 9.44. The number of aromatic nitrogens is 1. The van der Waals surface area contributed by atoms with E-state index in [2.05, 4.69) is 6.92 Å². The lowest BCUT2D eigenvalue weighted by Crippen LogP contribution is -2.40. The monoisotopic (exact) mass is 447 g/mol. The third kappa shape index (κ3) is 4.96. The summed E-state index contributed by atoms with van der Waals surface area (Å²) in [6.07, 6.45) is 3.76. The number of nitrogens with zero attached hydrogens (tertiary/aromatic N) is 3. The van der Waals surface area contributed by atoms with Gasteiger partial charge in [-0.1, -0.05) is 26.0 Å². The van der Waals surface area contributed by atoms with E-state index in [4.69, 9.17) is 4.74 Å². The maximum Gasteiger partial charge on any atom is 0.271 e. The first-order valence-electron chi connectivity index (χ1n) is 10.8. The minimum Gasteiger partial charge on any atom is -0.497 e. The summed E-state index contributed by atoms with van der Waals surface area (Å²) in [5, 5.41) is 0. The Kier molecular flexibility index (Phi) is 7.11. The molecule has 0 saturated heterocycles. The Balaban J connectivity index is 1.91. The molecule has 1 aromatic carbocycles. The van der Waals surface area contributed by atoms with Crippen LogP contribution in [0.2, 0.25) is 0 Å². The van der Waals surface area contributed by atoms with Crippen molar-refractivity contribution >= 4 is 15.9 Å². The maximum absolute atomic E-state index is 13.6. The van der Waals surface area contributed by atoms with Gasteiger partial charge in [-0.3, -0.25) is 4.79 Å². The molecule has 0 bridgehead atoms. The zero-order chi connectivity index (χ0) is 22.8. The molecule has 0 radical (unpaired) electrons. The minimum absolute atomic E-state index is 0.0762. The van der Waals surface area contributed by atoms with Gasteiger partial charge in [0.1, 0.15) is 16.3 Å². The van der Waals surface area contributed by atoms with Crippen LogP contribution >= 0.6 is 0 Å². The molecule has 0 aliphatic heterocycles. The first-order chi connectivity index (χ1) is 14.7. The van der Waals surface area contributed by atoms with E-state index in [1.165, 1.54) is 16.6 Å². The Hall–Kier alpha value is -2.32. The largest absolute Gasteiger partial charge is 0.497 e. The fraction of sp³-hybridized carbons (Fsp3) is 0.522. The molecular weight excluding hydrogens is 414 g/mol. The van der Waals surface area contributed by atoms with Crippen LogP contribution in [0.15, 0.2) is 41.4 Å². The number of hydrogen-bond acceptors (Lipinski definition) is 4. The predicted molar refractivity (Wildman–Crippen MR) is 121 cm³/mol. The maximum atomic E-state index is 13.6. The lowest BCUT2D eigenvalue weighted by Gasteiger charge is -2.30. The standard InChI is InChI=1S/C23H33N3O4S/c1-6-25(7-2)31(28,29)21-14-22(24(4)16-21)23(27)26(17(3)19-10-11-19)15-18-8-12-20(30-5)13-9-18/h8-9,12-14,16-17,19H,6-7,10-11,15H2,1-5H3. The van der Waals surface area contributed by atoms with Gasteiger partial charge in [-0.2, -0.15) is 4.31 Å². The van der Waals surface area contributed by atoms with Gasteiger partial charge in [-0.15, -0.1) is 0 Å². The second-order valence-corrected chi connectivity index (χ2v) is 10.1. The van der Waals surface area contributed by atoms with Crippen LogP contribution in [0, 0.1) is 5.92 Å². The van der Waals surface area contributed by atoms with Crippen molar-refractivity contribution in [3.63, 3.8) is 0 Å². The highest BCUT2D eigenvalue weighted by Crippen LogP contribution is 2.36. The highest BCUT2D eigenvalue weighted by molar-refractivity contribution is 7.89. The Morgan fingerprint density at radius 2 is 1.81 bits per heavy atom. The van der Waals surface area contributed by atoms with Crippen LogP contribution < -0.4 is 4.74 Å². The number of rotatable bonds is 10. The number of ether oxygens (including phenoxy) is 1. The molecule has 1 aliphatic rings. The number of sulfonamides is 1. The molecule has 8 heteroatoms. The van der Waals surface area contributed by atoms with E-state index in [9.17, 15) is 13.2 Å². The van der Waals surface area contributed by atoms with Gasteiger partial charge in [0, 0.05) is 38.9 Å². The number of carbonyl (C=O) groups excluding carboxylic acids is 1. The Morgan fingerprint density at radius 1 is 1.19 bits per heavy atom. The van der Waals surface area contributed by atoms with Crippen molar-refractivity contribution in [2.75, 3.05) is 20.2 Å². The summed E-state index contributed by atoms with van der Waals surface area (Å²) in [5.74, 6) is 1.10. The second-order valence-electron chi connectivity index (χ2n) is 8.12. The smallest absolute Gasteiger partial charge is 0.271 e. The number of hydrogen-bond donors (Lipinski definition) is 0. The molecule has 31 heavy (non-hydrogen) atoms. The Morgan fingerprint density at radius 3 is 2.32 bits per heavy atom. The van der Waals surface area contributed by atoms with Crippen molar-refractivity contribution in [1.82, 2.24) is 13.8 Å². The Labute approximate surface area is 185 Å². The van der Waals surface area contributed by atoms with Crippen molar-refractivity contribution in [2.45, 2.75) is 51.1 Å². The zero-order valence-corrected chi connectivity index (χ0v) is 19.9. The number of benzene rings is 1. The number of aryl methyl sites for hydroxylation is 1. The molecular formula is C23H33N3O4S. The zero-order valence-electron chi connectivity index (χ0n) is 19.0. The van der Waals surface area contributed by atoms with E-state index in [0.29, 0.717) is 31.2 Å². The summed E-state index contributed by atoms with van der Waals surface area (Å²) in [6, 6.07) is 9.28. The van der Waals surface area contributed by atoms with Crippen molar-refractivity contribution in [3.8, 4) is 5.75 Å². The molecule has 1 aliphatic carbocycles. The van der Waals surface area contributed by atoms with Gasteiger partial charge in [0.25, 0.3) is 5.91 Å². The Bertz CT molecular complexity index is 1010. The van der Waals surface area contributed by atoms with Crippen LogP contribution in [-0.2, 0) is 23.6 Å². The topological polar surface area (TPSA) is 71.8 Å². The van der Waals surface area contributed by atoms with Crippen LogP contribution in [0.25, 0.3) is 0 Å². The fourth-order valence-electron chi connectivity index (χ4n) is 3.91. The molecule has 1 aromatic heterocycles. The van der Waals surface area contributed by atoms with Gasteiger partial charge >= 0.3 is 0 Å². The van der Waals surface area contributed by atoms with Crippen LogP contribution in [0.5, 0.6) is 5.75 Å². The molecule has 1 unspecified atom stereocenters. The molecule has 0 N–H and O–H groups in total. The van der Waals surface area contributed by atoms with Gasteiger partial charge < -0.3 is 14.2 Å². The van der Waals surface area contributed by atoms with E-state index >= 15 is 0 Å². The van der Waals surface area contributed by atoms with Crippen molar-refractivity contribution < 1.29 is 17.9 Å². The summed E-state index contributed by atoms with van der Waals surface area (Å²) in [7, 11) is -0.277. The van der Waals surface area contributed by atoms with Gasteiger partial charge in [-0.25, -0.2) is 8.42 Å². The minimum atomic E-state index is -3.63. The van der Waals surface area contributed by atoms with Gasteiger partial charge in [0.15, 0.2) is 0 Å². The lowest BCUT2D eigenvalue weighted by atomic mass is 10.1. The van der Waals surface area contributed by atoms with E-state index < -0.39 is 10.0 Å². The molecule has 1 heterocycles. The SMILES string of the molecule is CCN(CC)S(=O)(=O)c1cc(C(=O)N(Cc2ccc(OC)cc2)C(C)C2CC2)n(C)c1. The first kappa shape index (κ1) is 23.3. The van der Waals surface area contributed by atoms with Crippen molar-refractivity contribution in [2.24, 2.45) is 13.0 Å². The third-order valence-electron chi connectivity index (χ3n) is 6.11. The highest BCUT2D eigenvalue weighted by Gasteiger charge is 2.36. The predicted octanol–water partition coefficient (Wildman–Crippen LogP) is 3.51. The summed E-state index contributed by atoms with van der Waals surface area (Å²) in [4.78, 5) is 15.6. The lowest BCUT2D eigenvalue weighted by molar-refractivity contribution is 0.0644. The molecule has 3 rings (SSSR count). The number of carbonyl (C=O) groups is 1. The molecule has 1 amide bonds. The van der Waals surface area contributed by atoms with Gasteiger partial charge in [0.05, 0.1) is 7.11 Å². The first-order valence-corrected chi connectivity index (χ1v) is 12.3. The van der Waals surface area contributed by atoms with Gasteiger partial charge in [0.2, 0.25) is 10.0 Å². The molecule has 0 spiro atoms. The average Bonchev–Trinajstić information content (AvgIpc) is 3.53. The molecule has 170 valence electrons. The van der Waals surface area contributed by atoms with Crippen molar-refractivity contribution in [3.05, 3.63) is 47.8 Å². The highest BCUT2D eigenvalue weighted by atomic mass is 32.2.